The summed E-state index contributed by atoms with van der Waals surface area (Å²) in [5, 5.41) is 13.5. The Hall–Kier alpha value is -4.42. The second-order valence-corrected chi connectivity index (χ2v) is 9.89. The molecule has 0 atom stereocenters. The molecular formula is C27H24N4O7S. The summed E-state index contributed by atoms with van der Waals surface area (Å²) in [5.41, 5.74) is 2.44. The Morgan fingerprint density at radius 3 is 2.67 bits per heavy atom. The number of nitro benzene ring substituents is 1. The van der Waals surface area contributed by atoms with Crippen LogP contribution in [-0.4, -0.2) is 59.7 Å². The second-order valence-electron chi connectivity index (χ2n) is 8.89. The van der Waals surface area contributed by atoms with Crippen LogP contribution in [0, 0.1) is 17.0 Å². The van der Waals surface area contributed by atoms with E-state index in [0.717, 1.165) is 10.6 Å². The van der Waals surface area contributed by atoms with Crippen molar-refractivity contribution in [2.45, 2.75) is 6.92 Å². The van der Waals surface area contributed by atoms with Crippen molar-refractivity contribution in [2.75, 3.05) is 43.1 Å². The second kappa shape index (κ2) is 11.1. The third kappa shape index (κ3) is 5.71. The fourth-order valence-electron chi connectivity index (χ4n) is 4.30. The van der Waals surface area contributed by atoms with E-state index in [-0.39, 0.29) is 10.6 Å². The monoisotopic (exact) mass is 548 g/mol. The first-order chi connectivity index (χ1) is 18.8. The van der Waals surface area contributed by atoms with Crippen LogP contribution >= 0.6 is 11.8 Å². The van der Waals surface area contributed by atoms with Crippen LogP contribution in [0.1, 0.15) is 11.3 Å². The molecule has 0 bridgehead atoms. The molecule has 0 aliphatic carbocycles. The Labute approximate surface area is 227 Å². The van der Waals surface area contributed by atoms with Crippen molar-refractivity contribution < 1.29 is 28.5 Å². The average Bonchev–Trinajstić information content (AvgIpc) is 3.50. The van der Waals surface area contributed by atoms with E-state index in [1.165, 1.54) is 12.1 Å². The number of imide groups is 1. The lowest BCUT2D eigenvalue weighted by molar-refractivity contribution is -0.385. The van der Waals surface area contributed by atoms with E-state index in [0.29, 0.717) is 66.4 Å². The number of thioether (sulfide) groups is 1. The maximum absolute atomic E-state index is 13.0. The number of para-hydroxylation sites is 2. The normalized spacial score (nSPS) is 16.7. The maximum atomic E-state index is 13.0. The molecule has 2 fully saturated rings. The smallest absolute Gasteiger partial charge is 0.294 e. The topological polar surface area (TPSA) is 135 Å². The van der Waals surface area contributed by atoms with Gasteiger partial charge in [0.2, 0.25) is 5.91 Å². The number of amides is 3. The van der Waals surface area contributed by atoms with Crippen molar-refractivity contribution in [1.82, 2.24) is 4.90 Å². The van der Waals surface area contributed by atoms with Gasteiger partial charge in [-0.15, -0.1) is 0 Å². The van der Waals surface area contributed by atoms with Crippen LogP contribution in [0.5, 0.6) is 0 Å². The minimum Gasteiger partial charge on any atom is -0.457 e. The number of hydrogen-bond donors (Lipinski definition) is 1. The fraction of sp³-hybridized carbons (Fsp3) is 0.222. The van der Waals surface area contributed by atoms with Crippen LogP contribution in [0.25, 0.3) is 17.4 Å². The number of rotatable bonds is 7. The van der Waals surface area contributed by atoms with Gasteiger partial charge in [0.1, 0.15) is 18.1 Å². The van der Waals surface area contributed by atoms with Crippen LogP contribution in [0.4, 0.5) is 21.9 Å². The van der Waals surface area contributed by atoms with Gasteiger partial charge in [0, 0.05) is 36.4 Å². The predicted octanol–water partition coefficient (Wildman–Crippen LogP) is 4.67. The highest BCUT2D eigenvalue weighted by atomic mass is 32.2. The number of hydrogen-bond acceptors (Lipinski definition) is 9. The van der Waals surface area contributed by atoms with E-state index < -0.39 is 28.5 Å². The highest BCUT2D eigenvalue weighted by Gasteiger charge is 2.36. The lowest BCUT2D eigenvalue weighted by Gasteiger charge is -2.30. The summed E-state index contributed by atoms with van der Waals surface area (Å²) >= 11 is 0.711. The highest BCUT2D eigenvalue weighted by Crippen LogP contribution is 2.34. The molecule has 2 aliphatic rings. The number of carbonyl (C=O) groups is 3. The molecule has 3 amide bonds. The first kappa shape index (κ1) is 26.2. The van der Waals surface area contributed by atoms with Crippen molar-refractivity contribution in [3.8, 4) is 11.3 Å². The minimum atomic E-state index is -0.606. The fourth-order valence-corrected chi connectivity index (χ4v) is 5.12. The number of ether oxygens (including phenoxy) is 1. The van der Waals surface area contributed by atoms with E-state index in [1.54, 1.807) is 43.3 Å². The van der Waals surface area contributed by atoms with E-state index in [4.69, 9.17) is 9.15 Å². The summed E-state index contributed by atoms with van der Waals surface area (Å²) in [6.45, 7) is 3.78. The summed E-state index contributed by atoms with van der Waals surface area (Å²) in [5.74, 6) is -0.435. The van der Waals surface area contributed by atoms with Gasteiger partial charge < -0.3 is 19.4 Å². The maximum Gasteiger partial charge on any atom is 0.294 e. The SMILES string of the molecule is Cc1ccc(-c2ccc(/C=C3/SC(=O)N(CC(=O)Nc4ccccc4N4CCOCC4)C3=O)o2)cc1[N+](=O)[O-]. The molecule has 200 valence electrons. The van der Waals surface area contributed by atoms with Crippen molar-refractivity contribution in [2.24, 2.45) is 0 Å². The largest absolute Gasteiger partial charge is 0.457 e. The van der Waals surface area contributed by atoms with Crippen LogP contribution < -0.4 is 10.2 Å². The summed E-state index contributed by atoms with van der Waals surface area (Å²) < 4.78 is 11.2. The molecule has 1 N–H and O–H groups in total. The minimum absolute atomic E-state index is 0.0302. The van der Waals surface area contributed by atoms with Gasteiger partial charge in [0.05, 0.1) is 34.4 Å². The first-order valence-electron chi connectivity index (χ1n) is 12.1. The van der Waals surface area contributed by atoms with Gasteiger partial charge >= 0.3 is 0 Å². The molecule has 0 radical (unpaired) electrons. The molecule has 0 spiro atoms. The van der Waals surface area contributed by atoms with Crippen molar-refractivity contribution in [3.63, 3.8) is 0 Å². The van der Waals surface area contributed by atoms with Gasteiger partial charge in [-0.25, -0.2) is 0 Å². The Kier molecular flexibility index (Phi) is 7.48. The number of anilines is 2. The predicted molar refractivity (Wildman–Crippen MR) is 146 cm³/mol. The molecule has 2 saturated heterocycles. The standard InChI is InChI=1S/C27H24N4O7S/c1-17-6-7-18(14-22(17)31(35)36)23-9-8-19(38-23)15-24-26(33)30(27(34)39-24)16-25(32)28-20-4-2-3-5-21(20)29-10-12-37-13-11-29/h2-9,14-15H,10-13,16H2,1H3,(H,28,32)/b24-15+. The molecule has 0 unspecified atom stereocenters. The third-order valence-electron chi connectivity index (χ3n) is 6.30. The first-order valence-corrected chi connectivity index (χ1v) is 12.9. The molecule has 0 saturated carbocycles. The van der Waals surface area contributed by atoms with E-state index in [9.17, 15) is 24.5 Å². The zero-order valence-corrected chi connectivity index (χ0v) is 21.7. The quantitative estimate of drug-likeness (QED) is 0.254. The lowest BCUT2D eigenvalue weighted by atomic mass is 10.1. The number of benzene rings is 2. The lowest BCUT2D eigenvalue weighted by Crippen LogP contribution is -2.38. The van der Waals surface area contributed by atoms with Crippen LogP contribution in [-0.2, 0) is 14.3 Å². The molecule has 2 aromatic carbocycles. The molecule has 2 aliphatic heterocycles. The summed E-state index contributed by atoms with van der Waals surface area (Å²) in [7, 11) is 0. The number of furan rings is 1. The zero-order chi connectivity index (χ0) is 27.5. The number of carbonyl (C=O) groups excluding carboxylic acids is 3. The van der Waals surface area contributed by atoms with Crippen LogP contribution in [0.3, 0.4) is 0 Å². The van der Waals surface area contributed by atoms with Gasteiger partial charge in [0.15, 0.2) is 0 Å². The van der Waals surface area contributed by atoms with Gasteiger partial charge in [-0.2, -0.15) is 0 Å². The molecule has 39 heavy (non-hydrogen) atoms. The molecule has 12 heteroatoms. The number of aryl methyl sites for hydroxylation is 1. The number of nitrogens with zero attached hydrogens (tertiary/aromatic N) is 3. The molecule has 11 nitrogen and oxygen atoms in total. The van der Waals surface area contributed by atoms with Gasteiger partial charge in [-0.05, 0) is 43.0 Å². The Balaban J connectivity index is 1.27. The Bertz CT molecular complexity index is 1490. The van der Waals surface area contributed by atoms with Gasteiger partial charge in [0.25, 0.3) is 16.8 Å². The molecule has 1 aromatic heterocycles. The summed E-state index contributed by atoms with van der Waals surface area (Å²) in [6.07, 6.45) is 1.42. The van der Waals surface area contributed by atoms with Crippen molar-refractivity contribution in [3.05, 3.63) is 80.9 Å². The van der Waals surface area contributed by atoms with Gasteiger partial charge in [-0.1, -0.05) is 24.3 Å². The summed E-state index contributed by atoms with van der Waals surface area (Å²) in [4.78, 5) is 52.3. The van der Waals surface area contributed by atoms with Crippen molar-refractivity contribution >= 4 is 52.0 Å². The van der Waals surface area contributed by atoms with Gasteiger partial charge in [-0.3, -0.25) is 29.4 Å². The highest BCUT2D eigenvalue weighted by molar-refractivity contribution is 8.18. The average molecular weight is 549 g/mol. The third-order valence-corrected chi connectivity index (χ3v) is 7.20. The molecule has 3 aromatic rings. The summed E-state index contributed by atoms with van der Waals surface area (Å²) in [6, 6.07) is 15.3. The number of morpholine rings is 1. The molecule has 3 heterocycles. The van der Waals surface area contributed by atoms with Crippen LogP contribution in [0.2, 0.25) is 0 Å². The zero-order valence-electron chi connectivity index (χ0n) is 20.9. The van der Waals surface area contributed by atoms with E-state index in [1.807, 2.05) is 12.1 Å². The molecule has 5 rings (SSSR count). The van der Waals surface area contributed by atoms with Crippen LogP contribution in [0.15, 0.2) is 63.9 Å². The number of nitrogens with one attached hydrogen (secondary N) is 1. The molecular weight excluding hydrogens is 524 g/mol. The Morgan fingerprint density at radius 2 is 1.90 bits per heavy atom. The van der Waals surface area contributed by atoms with Crippen molar-refractivity contribution in [1.29, 1.82) is 0 Å². The van der Waals surface area contributed by atoms with E-state index in [2.05, 4.69) is 10.2 Å². The van der Waals surface area contributed by atoms with E-state index >= 15 is 0 Å². The number of nitro groups is 1. The Morgan fingerprint density at radius 1 is 1.13 bits per heavy atom.